The van der Waals surface area contributed by atoms with Gasteiger partial charge in [-0.25, -0.2) is 0 Å². The number of rotatable bonds is 21. The molecule has 0 bridgehead atoms. The van der Waals surface area contributed by atoms with Crippen molar-refractivity contribution in [2.45, 2.75) is 6.42 Å². The molecule has 0 unspecified atom stereocenters. The van der Waals surface area contributed by atoms with Crippen molar-refractivity contribution in [3.8, 4) is 0 Å². The van der Waals surface area contributed by atoms with Crippen LogP contribution < -0.4 is 5.32 Å². The Labute approximate surface area is 186 Å². The normalized spacial score (nSPS) is 12.9. The smallest absolute Gasteiger partial charge is 0.253 e. The summed E-state index contributed by atoms with van der Waals surface area (Å²) in [4.78, 5) is 38.1. The Morgan fingerprint density at radius 1 is 0.844 bits per heavy atom. The van der Waals surface area contributed by atoms with E-state index in [9.17, 15) is 14.4 Å². The second kappa shape index (κ2) is 19.2. The van der Waals surface area contributed by atoms with E-state index >= 15 is 0 Å². The van der Waals surface area contributed by atoms with Gasteiger partial charge in [-0.1, -0.05) is 5.11 Å². The highest BCUT2D eigenvalue weighted by atomic mass is 16.6. The molecule has 0 aliphatic carbocycles. The van der Waals surface area contributed by atoms with Crippen LogP contribution in [0.4, 0.5) is 0 Å². The first kappa shape index (κ1) is 27.5. The summed E-state index contributed by atoms with van der Waals surface area (Å²) in [6.45, 7) is 4.89. The van der Waals surface area contributed by atoms with Crippen LogP contribution in [0, 0.1) is 0 Å². The third kappa shape index (κ3) is 14.5. The van der Waals surface area contributed by atoms with Crippen LogP contribution in [0.25, 0.3) is 10.4 Å². The molecule has 1 aliphatic heterocycles. The Kier molecular flexibility index (Phi) is 16.5. The number of carbonyl (C=O) groups excluding carboxylic acids is 3. The summed E-state index contributed by atoms with van der Waals surface area (Å²) in [5.41, 5.74) is 8.09. The molecule has 1 rings (SSSR count). The van der Waals surface area contributed by atoms with E-state index in [1.165, 1.54) is 12.2 Å². The van der Waals surface area contributed by atoms with E-state index in [-0.39, 0.29) is 18.9 Å². The number of azide groups is 1. The van der Waals surface area contributed by atoms with E-state index in [0.717, 1.165) is 4.90 Å². The molecule has 0 saturated carbocycles. The van der Waals surface area contributed by atoms with Crippen molar-refractivity contribution in [3.05, 3.63) is 22.6 Å². The molecule has 1 heterocycles. The zero-order valence-corrected chi connectivity index (χ0v) is 18.1. The highest BCUT2D eigenvalue weighted by molar-refractivity contribution is 6.13. The van der Waals surface area contributed by atoms with Gasteiger partial charge in [-0.05, 0) is 5.53 Å². The third-order valence-corrected chi connectivity index (χ3v) is 3.92. The molecule has 13 heteroatoms. The number of ether oxygens (including phenoxy) is 5. The summed E-state index contributed by atoms with van der Waals surface area (Å²) < 4.78 is 26.6. The van der Waals surface area contributed by atoms with Gasteiger partial charge in [0.15, 0.2) is 0 Å². The van der Waals surface area contributed by atoms with E-state index in [4.69, 9.17) is 29.2 Å². The van der Waals surface area contributed by atoms with Crippen LogP contribution >= 0.6 is 0 Å². The Balaban J connectivity index is 1.75. The van der Waals surface area contributed by atoms with Crippen molar-refractivity contribution in [2.24, 2.45) is 5.11 Å². The first-order valence-corrected chi connectivity index (χ1v) is 10.3. The van der Waals surface area contributed by atoms with Crippen molar-refractivity contribution < 1.29 is 38.1 Å². The average molecular weight is 457 g/mol. The molecular weight excluding hydrogens is 426 g/mol. The van der Waals surface area contributed by atoms with Gasteiger partial charge in [0.2, 0.25) is 5.91 Å². The van der Waals surface area contributed by atoms with Crippen LogP contribution in [-0.2, 0) is 38.1 Å². The maximum atomic E-state index is 11.7. The molecule has 0 aromatic heterocycles. The lowest BCUT2D eigenvalue weighted by Gasteiger charge is -2.13. The number of nitrogens with zero attached hydrogens (tertiary/aromatic N) is 4. The van der Waals surface area contributed by atoms with Gasteiger partial charge in [-0.2, -0.15) is 0 Å². The van der Waals surface area contributed by atoms with Crippen molar-refractivity contribution in [2.75, 3.05) is 85.7 Å². The molecule has 0 atom stereocenters. The van der Waals surface area contributed by atoms with Gasteiger partial charge < -0.3 is 29.0 Å². The van der Waals surface area contributed by atoms with Gasteiger partial charge in [0, 0.05) is 43.1 Å². The molecule has 3 amide bonds. The minimum Gasteiger partial charge on any atom is -0.379 e. The monoisotopic (exact) mass is 457 g/mol. The highest BCUT2D eigenvalue weighted by Crippen LogP contribution is 2.03. The summed E-state index contributed by atoms with van der Waals surface area (Å²) in [6, 6.07) is 0. The zero-order chi connectivity index (χ0) is 23.3. The minimum atomic E-state index is -0.397. The van der Waals surface area contributed by atoms with E-state index < -0.39 is 11.8 Å². The Hall–Kier alpha value is -2.54. The number of hydrogen-bond donors (Lipinski definition) is 1. The lowest BCUT2D eigenvalue weighted by molar-refractivity contribution is -0.137. The largest absolute Gasteiger partial charge is 0.379 e. The fourth-order valence-corrected chi connectivity index (χ4v) is 2.35. The summed E-state index contributed by atoms with van der Waals surface area (Å²) >= 11 is 0. The van der Waals surface area contributed by atoms with Gasteiger partial charge in [-0.15, -0.1) is 0 Å². The molecule has 0 saturated heterocycles. The molecule has 32 heavy (non-hydrogen) atoms. The van der Waals surface area contributed by atoms with Crippen molar-refractivity contribution in [1.29, 1.82) is 0 Å². The Morgan fingerprint density at radius 3 is 1.81 bits per heavy atom. The summed E-state index contributed by atoms with van der Waals surface area (Å²) in [6.07, 6.45) is 2.43. The topological polar surface area (TPSA) is 161 Å². The fourth-order valence-electron chi connectivity index (χ4n) is 2.35. The van der Waals surface area contributed by atoms with Crippen LogP contribution in [0.3, 0.4) is 0 Å². The second-order valence-corrected chi connectivity index (χ2v) is 6.28. The molecule has 180 valence electrons. The number of hydrogen-bond acceptors (Lipinski definition) is 9. The number of carbonyl (C=O) groups is 3. The zero-order valence-electron chi connectivity index (χ0n) is 18.1. The lowest BCUT2D eigenvalue weighted by Crippen LogP contribution is -2.35. The number of nitrogens with one attached hydrogen (secondary N) is 1. The molecule has 0 aromatic carbocycles. The maximum Gasteiger partial charge on any atom is 0.253 e. The standard InChI is InChI=1S/C19H31N5O8/c20-23-22-5-8-29-10-12-31-14-16-32-15-13-30-11-9-28-7-4-21-17(25)3-6-24-18(26)1-2-19(24)27/h1-2H,3-16H2,(H,21,25). The second-order valence-electron chi connectivity index (χ2n) is 6.28. The first-order chi connectivity index (χ1) is 15.6. The summed E-state index contributed by atoms with van der Waals surface area (Å²) in [5, 5.41) is 6.01. The average Bonchev–Trinajstić information content (AvgIpc) is 3.11. The van der Waals surface area contributed by atoms with Crippen molar-refractivity contribution in [1.82, 2.24) is 10.2 Å². The first-order valence-electron chi connectivity index (χ1n) is 10.3. The van der Waals surface area contributed by atoms with E-state index in [0.29, 0.717) is 79.2 Å². The maximum absolute atomic E-state index is 11.7. The molecule has 0 radical (unpaired) electrons. The van der Waals surface area contributed by atoms with Crippen LogP contribution in [0.5, 0.6) is 0 Å². The molecule has 1 aliphatic rings. The van der Waals surface area contributed by atoms with Crippen LogP contribution in [0.15, 0.2) is 17.3 Å². The quantitative estimate of drug-likeness (QED) is 0.0815. The van der Waals surface area contributed by atoms with E-state index in [2.05, 4.69) is 15.3 Å². The van der Waals surface area contributed by atoms with E-state index in [1.807, 2.05) is 0 Å². The SMILES string of the molecule is [N-]=[N+]=NCCOCCOCCOCCOCCOCCNC(=O)CCN1C(=O)C=CC1=O. The third-order valence-electron chi connectivity index (χ3n) is 3.92. The van der Waals surface area contributed by atoms with Gasteiger partial charge >= 0.3 is 0 Å². The van der Waals surface area contributed by atoms with Crippen LogP contribution in [0.1, 0.15) is 6.42 Å². The summed E-state index contributed by atoms with van der Waals surface area (Å²) in [7, 11) is 0. The molecule has 13 nitrogen and oxygen atoms in total. The fraction of sp³-hybridized carbons (Fsp3) is 0.737. The number of amides is 3. The number of imide groups is 1. The Bertz CT molecular complexity index is 621. The van der Waals surface area contributed by atoms with E-state index in [1.54, 1.807) is 0 Å². The highest BCUT2D eigenvalue weighted by Gasteiger charge is 2.23. The van der Waals surface area contributed by atoms with Gasteiger partial charge in [0.1, 0.15) is 0 Å². The van der Waals surface area contributed by atoms with Gasteiger partial charge in [-0.3, -0.25) is 19.3 Å². The molecular formula is C19H31N5O8. The van der Waals surface area contributed by atoms with Crippen LogP contribution in [-0.4, -0.2) is 108 Å². The van der Waals surface area contributed by atoms with Gasteiger partial charge in [0.05, 0.1) is 66.1 Å². The minimum absolute atomic E-state index is 0.0555. The predicted octanol–water partition coefficient (Wildman–Crippen LogP) is -0.189. The molecule has 0 aromatic rings. The van der Waals surface area contributed by atoms with Crippen molar-refractivity contribution >= 4 is 17.7 Å². The molecule has 0 spiro atoms. The van der Waals surface area contributed by atoms with Crippen molar-refractivity contribution in [3.63, 3.8) is 0 Å². The molecule has 0 fully saturated rings. The predicted molar refractivity (Wildman–Crippen MR) is 112 cm³/mol. The Morgan fingerprint density at radius 2 is 1.31 bits per heavy atom. The lowest BCUT2D eigenvalue weighted by atomic mass is 10.3. The van der Waals surface area contributed by atoms with Gasteiger partial charge in [0.25, 0.3) is 11.8 Å². The molecule has 1 N–H and O–H groups in total. The summed E-state index contributed by atoms with van der Waals surface area (Å²) in [5.74, 6) is -1.05. The van der Waals surface area contributed by atoms with Crippen LogP contribution in [0.2, 0.25) is 0 Å².